The molecule has 6 nitrogen and oxygen atoms in total. The van der Waals surface area contributed by atoms with Gasteiger partial charge >= 0.3 is 0 Å². The Morgan fingerprint density at radius 2 is 2.08 bits per heavy atom. The fourth-order valence-corrected chi connectivity index (χ4v) is 3.46. The van der Waals surface area contributed by atoms with E-state index in [1.807, 2.05) is 12.1 Å². The van der Waals surface area contributed by atoms with Crippen molar-refractivity contribution in [2.75, 3.05) is 25.0 Å². The van der Waals surface area contributed by atoms with Crippen molar-refractivity contribution in [3.05, 3.63) is 24.3 Å². The van der Waals surface area contributed by atoms with Crippen LogP contribution < -0.4 is 20.3 Å². The highest BCUT2D eigenvalue weighted by atomic mass is 16.5. The number of likely N-dealkylation sites (tertiary alicyclic amines) is 1. The number of nitrogens with one attached hydrogen (secondary N) is 3. The zero-order valence-corrected chi connectivity index (χ0v) is 14.1. The molecule has 0 bridgehead atoms. The van der Waals surface area contributed by atoms with Gasteiger partial charge in [-0.05, 0) is 18.6 Å². The van der Waals surface area contributed by atoms with Gasteiger partial charge in [0.1, 0.15) is 5.75 Å². The van der Waals surface area contributed by atoms with E-state index in [-0.39, 0.29) is 24.3 Å². The van der Waals surface area contributed by atoms with Crippen molar-refractivity contribution >= 4 is 17.5 Å². The van der Waals surface area contributed by atoms with E-state index >= 15 is 0 Å². The van der Waals surface area contributed by atoms with E-state index in [2.05, 4.69) is 17.6 Å². The SMILES string of the molecule is CCC[NH+]1CCC(NC(=O)C[C@H]2Oc3ccccc3NC2=O)CC1. The molecule has 1 aromatic carbocycles. The quantitative estimate of drug-likeness (QED) is 0.729. The highest BCUT2D eigenvalue weighted by molar-refractivity contribution is 5.99. The van der Waals surface area contributed by atoms with Crippen molar-refractivity contribution in [3.8, 4) is 5.75 Å². The van der Waals surface area contributed by atoms with Crippen LogP contribution in [0.1, 0.15) is 32.6 Å². The number of rotatable bonds is 5. The van der Waals surface area contributed by atoms with Crippen LogP contribution in [0.4, 0.5) is 5.69 Å². The van der Waals surface area contributed by atoms with Crippen LogP contribution in [0.2, 0.25) is 0 Å². The number of benzene rings is 1. The van der Waals surface area contributed by atoms with Crippen molar-refractivity contribution in [1.29, 1.82) is 0 Å². The maximum absolute atomic E-state index is 12.3. The number of anilines is 1. The molecule has 6 heteroatoms. The number of hydrogen-bond acceptors (Lipinski definition) is 3. The normalized spacial score (nSPS) is 26.0. The zero-order valence-electron chi connectivity index (χ0n) is 14.1. The van der Waals surface area contributed by atoms with Crippen LogP contribution in [0.15, 0.2) is 24.3 Å². The van der Waals surface area contributed by atoms with Gasteiger partial charge in [-0.1, -0.05) is 19.1 Å². The molecule has 0 aliphatic carbocycles. The second-order valence-electron chi connectivity index (χ2n) is 6.64. The first-order valence-corrected chi connectivity index (χ1v) is 8.85. The van der Waals surface area contributed by atoms with Gasteiger partial charge in [0, 0.05) is 18.9 Å². The highest BCUT2D eigenvalue weighted by Gasteiger charge is 2.31. The monoisotopic (exact) mass is 332 g/mol. The summed E-state index contributed by atoms with van der Waals surface area (Å²) in [7, 11) is 0. The number of fused-ring (bicyclic) bond motifs is 1. The lowest BCUT2D eigenvalue weighted by Crippen LogP contribution is -3.13. The van der Waals surface area contributed by atoms with E-state index < -0.39 is 6.10 Å². The maximum Gasteiger partial charge on any atom is 0.266 e. The van der Waals surface area contributed by atoms with Crippen molar-refractivity contribution < 1.29 is 19.2 Å². The molecule has 2 amide bonds. The van der Waals surface area contributed by atoms with Crippen LogP contribution in [-0.2, 0) is 9.59 Å². The number of para-hydroxylation sites is 2. The molecule has 2 aliphatic heterocycles. The Kier molecular flexibility index (Phi) is 5.35. The van der Waals surface area contributed by atoms with Gasteiger partial charge in [-0.15, -0.1) is 0 Å². The topological polar surface area (TPSA) is 71.9 Å². The van der Waals surface area contributed by atoms with E-state index in [0.29, 0.717) is 11.4 Å². The molecule has 0 radical (unpaired) electrons. The average molecular weight is 332 g/mol. The van der Waals surface area contributed by atoms with Gasteiger partial charge < -0.3 is 20.3 Å². The molecule has 24 heavy (non-hydrogen) atoms. The lowest BCUT2D eigenvalue weighted by molar-refractivity contribution is -0.905. The molecule has 1 fully saturated rings. The van der Waals surface area contributed by atoms with Gasteiger partial charge in [0.25, 0.3) is 5.91 Å². The molecule has 2 heterocycles. The molecule has 130 valence electrons. The number of hydrogen-bond donors (Lipinski definition) is 3. The predicted molar refractivity (Wildman–Crippen MR) is 91.1 cm³/mol. The van der Waals surface area contributed by atoms with Crippen LogP contribution in [0.25, 0.3) is 0 Å². The standard InChI is InChI=1S/C18H25N3O3/c1-2-9-21-10-7-13(8-11-21)19-17(22)12-16-18(23)20-14-5-3-4-6-15(14)24-16/h3-6,13,16H,2,7-12H2,1H3,(H,19,22)(H,20,23)/p+1/t16-/m1/s1. The summed E-state index contributed by atoms with van der Waals surface area (Å²) in [5, 5.41) is 5.85. The number of carbonyl (C=O) groups excluding carboxylic acids is 2. The van der Waals surface area contributed by atoms with E-state index in [0.717, 1.165) is 25.9 Å². The Balaban J connectivity index is 1.48. The third kappa shape index (κ3) is 4.06. The number of amides is 2. The summed E-state index contributed by atoms with van der Waals surface area (Å²) in [6.07, 6.45) is 2.50. The first-order chi connectivity index (χ1) is 11.7. The third-order valence-corrected chi connectivity index (χ3v) is 4.74. The molecule has 1 aromatic rings. The Labute approximate surface area is 142 Å². The van der Waals surface area contributed by atoms with Gasteiger partial charge in [0.2, 0.25) is 5.91 Å². The molecule has 1 saturated heterocycles. The van der Waals surface area contributed by atoms with Crippen LogP contribution in [0.5, 0.6) is 5.75 Å². The minimum Gasteiger partial charge on any atom is -0.478 e. The van der Waals surface area contributed by atoms with Crippen LogP contribution in [0, 0.1) is 0 Å². The minimum atomic E-state index is -0.759. The molecule has 0 unspecified atom stereocenters. The lowest BCUT2D eigenvalue weighted by atomic mass is 10.0. The lowest BCUT2D eigenvalue weighted by Gasteiger charge is -2.30. The number of piperidine rings is 1. The first-order valence-electron chi connectivity index (χ1n) is 8.85. The molecule has 3 N–H and O–H groups in total. The minimum absolute atomic E-state index is 0.0577. The molecule has 1 atom stereocenters. The molecule has 2 aliphatic rings. The van der Waals surface area contributed by atoms with E-state index in [4.69, 9.17) is 4.74 Å². The summed E-state index contributed by atoms with van der Waals surface area (Å²) in [4.78, 5) is 26.0. The number of carbonyl (C=O) groups is 2. The van der Waals surface area contributed by atoms with Gasteiger partial charge in [0.15, 0.2) is 6.10 Å². The van der Waals surface area contributed by atoms with Crippen molar-refractivity contribution in [1.82, 2.24) is 5.32 Å². The number of quaternary nitrogens is 1. The molecular formula is C18H26N3O3+. The largest absolute Gasteiger partial charge is 0.478 e. The van der Waals surface area contributed by atoms with Gasteiger partial charge in [-0.2, -0.15) is 0 Å². The second-order valence-corrected chi connectivity index (χ2v) is 6.64. The Morgan fingerprint density at radius 1 is 1.33 bits per heavy atom. The fourth-order valence-electron chi connectivity index (χ4n) is 3.46. The summed E-state index contributed by atoms with van der Waals surface area (Å²) < 4.78 is 5.68. The zero-order chi connectivity index (χ0) is 16.9. The van der Waals surface area contributed by atoms with Crippen LogP contribution in [-0.4, -0.2) is 43.6 Å². The molecule has 0 spiro atoms. The highest BCUT2D eigenvalue weighted by Crippen LogP contribution is 2.29. The van der Waals surface area contributed by atoms with Crippen molar-refractivity contribution in [3.63, 3.8) is 0 Å². The summed E-state index contributed by atoms with van der Waals surface area (Å²) in [5.74, 6) is 0.246. The van der Waals surface area contributed by atoms with Crippen LogP contribution >= 0.6 is 0 Å². The molecular weight excluding hydrogens is 306 g/mol. The summed E-state index contributed by atoms with van der Waals surface area (Å²) in [6.45, 7) is 5.61. The van der Waals surface area contributed by atoms with Crippen LogP contribution in [0.3, 0.4) is 0 Å². The molecule has 0 aromatic heterocycles. The third-order valence-electron chi connectivity index (χ3n) is 4.74. The Morgan fingerprint density at radius 3 is 2.83 bits per heavy atom. The van der Waals surface area contributed by atoms with E-state index in [1.54, 1.807) is 17.0 Å². The van der Waals surface area contributed by atoms with E-state index in [9.17, 15) is 9.59 Å². The van der Waals surface area contributed by atoms with Gasteiger partial charge in [-0.3, -0.25) is 9.59 Å². The summed E-state index contributed by atoms with van der Waals surface area (Å²) in [5.41, 5.74) is 0.658. The number of ether oxygens (including phenoxy) is 1. The molecule has 3 rings (SSSR count). The summed E-state index contributed by atoms with van der Waals surface area (Å²) in [6, 6.07) is 7.49. The Bertz CT molecular complexity index is 597. The van der Waals surface area contributed by atoms with Gasteiger partial charge in [-0.25, -0.2) is 0 Å². The van der Waals surface area contributed by atoms with E-state index in [1.165, 1.54) is 13.0 Å². The smallest absolute Gasteiger partial charge is 0.266 e. The summed E-state index contributed by atoms with van der Waals surface area (Å²) >= 11 is 0. The van der Waals surface area contributed by atoms with Crippen molar-refractivity contribution in [2.24, 2.45) is 0 Å². The molecule has 0 saturated carbocycles. The Hall–Kier alpha value is -2.08. The van der Waals surface area contributed by atoms with Gasteiger partial charge in [0.05, 0.1) is 31.7 Å². The average Bonchev–Trinajstić information content (AvgIpc) is 2.57. The maximum atomic E-state index is 12.3. The fraction of sp³-hybridized carbons (Fsp3) is 0.556. The van der Waals surface area contributed by atoms with Crippen molar-refractivity contribution in [2.45, 2.75) is 44.8 Å². The first kappa shape index (κ1) is 16.8. The second kappa shape index (κ2) is 7.66. The predicted octanol–water partition coefficient (Wildman–Crippen LogP) is 0.350.